The summed E-state index contributed by atoms with van der Waals surface area (Å²) in [4.78, 5) is 22.5. The van der Waals surface area contributed by atoms with E-state index in [0.29, 0.717) is 0 Å². The van der Waals surface area contributed by atoms with Crippen molar-refractivity contribution in [1.82, 2.24) is 5.32 Å². The fourth-order valence-electron chi connectivity index (χ4n) is 1.50. The van der Waals surface area contributed by atoms with Crippen LogP contribution in [0.25, 0.3) is 0 Å². The monoisotopic (exact) mass is 245 g/mol. The van der Waals surface area contributed by atoms with Gasteiger partial charge in [0.1, 0.15) is 11.6 Å². The zero-order valence-electron chi connectivity index (χ0n) is 11.2. The second-order valence-electron chi connectivity index (χ2n) is 5.23. The van der Waals surface area contributed by atoms with Crippen LogP contribution in [0.15, 0.2) is 0 Å². The van der Waals surface area contributed by atoms with E-state index >= 15 is 0 Å². The Hall–Kier alpha value is -1.26. The third-order valence-corrected chi connectivity index (χ3v) is 2.25. The van der Waals surface area contributed by atoms with Gasteiger partial charge in [0.15, 0.2) is 0 Å². The lowest BCUT2D eigenvalue weighted by Gasteiger charge is -2.24. The number of carbonyl (C=O) groups excluding carboxylic acids is 1. The van der Waals surface area contributed by atoms with Gasteiger partial charge in [-0.3, -0.25) is 0 Å². The molecular formula is C12H23NO4. The molecule has 100 valence electrons. The summed E-state index contributed by atoms with van der Waals surface area (Å²) < 4.78 is 5.03. The highest BCUT2D eigenvalue weighted by Gasteiger charge is 2.28. The molecule has 0 aliphatic heterocycles. The minimum atomic E-state index is -1.03. The van der Waals surface area contributed by atoms with E-state index in [1.165, 1.54) is 0 Å². The number of rotatable bonds is 5. The highest BCUT2D eigenvalue weighted by atomic mass is 16.6. The van der Waals surface area contributed by atoms with Crippen LogP contribution >= 0.6 is 0 Å². The second-order valence-corrected chi connectivity index (χ2v) is 5.23. The van der Waals surface area contributed by atoms with Gasteiger partial charge < -0.3 is 15.2 Å². The van der Waals surface area contributed by atoms with Gasteiger partial charge in [-0.15, -0.1) is 0 Å². The molecular weight excluding hydrogens is 222 g/mol. The van der Waals surface area contributed by atoms with Crippen LogP contribution < -0.4 is 5.32 Å². The standard InChI is InChI=1S/C12H23NO4/c1-6-7-8(2)9(10(14)15)13-11(16)17-12(3,4)5/h8-9H,6-7H2,1-5H3,(H,13,16)(H,14,15). The molecule has 2 atom stereocenters. The minimum Gasteiger partial charge on any atom is -0.480 e. The van der Waals surface area contributed by atoms with E-state index < -0.39 is 23.7 Å². The number of amides is 1. The fourth-order valence-corrected chi connectivity index (χ4v) is 1.50. The van der Waals surface area contributed by atoms with Crippen molar-refractivity contribution < 1.29 is 19.4 Å². The first-order valence-electron chi connectivity index (χ1n) is 5.89. The highest BCUT2D eigenvalue weighted by molar-refractivity contribution is 5.80. The molecule has 0 fully saturated rings. The van der Waals surface area contributed by atoms with Crippen molar-refractivity contribution in [3.63, 3.8) is 0 Å². The predicted molar refractivity (Wildman–Crippen MR) is 64.9 cm³/mol. The summed E-state index contributed by atoms with van der Waals surface area (Å²) in [6.07, 6.45) is 0.932. The van der Waals surface area contributed by atoms with E-state index in [9.17, 15) is 9.59 Å². The maximum atomic E-state index is 11.5. The second kappa shape index (κ2) is 6.47. The molecule has 17 heavy (non-hydrogen) atoms. The SMILES string of the molecule is CCCC(C)C(NC(=O)OC(C)(C)C)C(=O)O. The molecule has 0 aliphatic carbocycles. The molecule has 2 N–H and O–H groups in total. The summed E-state index contributed by atoms with van der Waals surface area (Å²) in [5, 5.41) is 11.4. The van der Waals surface area contributed by atoms with Gasteiger partial charge in [-0.05, 0) is 33.1 Å². The van der Waals surface area contributed by atoms with Crippen molar-refractivity contribution in [3.8, 4) is 0 Å². The Morgan fingerprint density at radius 1 is 1.35 bits per heavy atom. The van der Waals surface area contributed by atoms with Gasteiger partial charge in [-0.1, -0.05) is 20.3 Å². The minimum absolute atomic E-state index is 0.120. The molecule has 0 spiro atoms. The average molecular weight is 245 g/mol. The number of aliphatic carboxylic acids is 1. The molecule has 0 aromatic rings. The topological polar surface area (TPSA) is 75.6 Å². The van der Waals surface area contributed by atoms with Crippen LogP contribution in [0.2, 0.25) is 0 Å². The third-order valence-electron chi connectivity index (χ3n) is 2.25. The lowest BCUT2D eigenvalue weighted by molar-refractivity contribution is -0.140. The first-order chi connectivity index (χ1) is 7.67. The lowest BCUT2D eigenvalue weighted by atomic mass is 9.97. The van der Waals surface area contributed by atoms with Crippen LogP contribution in [-0.2, 0) is 9.53 Å². The van der Waals surface area contributed by atoms with Crippen LogP contribution in [0.4, 0.5) is 4.79 Å². The van der Waals surface area contributed by atoms with E-state index in [-0.39, 0.29) is 5.92 Å². The molecule has 1 amide bonds. The quantitative estimate of drug-likeness (QED) is 0.779. The first kappa shape index (κ1) is 15.7. The average Bonchev–Trinajstić information content (AvgIpc) is 2.11. The summed E-state index contributed by atoms with van der Waals surface area (Å²) in [7, 11) is 0. The van der Waals surface area contributed by atoms with E-state index in [1.54, 1.807) is 27.7 Å². The molecule has 0 aliphatic rings. The number of hydrogen-bond donors (Lipinski definition) is 2. The Kier molecular flexibility index (Phi) is 5.99. The molecule has 2 unspecified atom stereocenters. The van der Waals surface area contributed by atoms with Crippen LogP contribution in [-0.4, -0.2) is 28.8 Å². The van der Waals surface area contributed by atoms with Crippen molar-refractivity contribution in [2.75, 3.05) is 0 Å². The van der Waals surface area contributed by atoms with Gasteiger partial charge in [-0.25, -0.2) is 9.59 Å². The van der Waals surface area contributed by atoms with Crippen LogP contribution in [0.1, 0.15) is 47.5 Å². The van der Waals surface area contributed by atoms with Crippen LogP contribution in [0, 0.1) is 5.92 Å². The number of carbonyl (C=O) groups is 2. The molecule has 0 saturated heterocycles. The third kappa shape index (κ3) is 6.81. The highest BCUT2D eigenvalue weighted by Crippen LogP contribution is 2.13. The Labute approximate surface area is 103 Å². The summed E-state index contributed by atoms with van der Waals surface area (Å²) in [5.41, 5.74) is -0.624. The summed E-state index contributed by atoms with van der Waals surface area (Å²) in [6, 6.07) is -0.898. The van der Waals surface area contributed by atoms with Crippen molar-refractivity contribution >= 4 is 12.1 Å². The number of carboxylic acids is 1. The predicted octanol–water partition coefficient (Wildman–Crippen LogP) is 2.40. The molecule has 5 nitrogen and oxygen atoms in total. The lowest BCUT2D eigenvalue weighted by Crippen LogP contribution is -2.47. The normalized spacial score (nSPS) is 14.9. The Balaban J connectivity index is 4.45. The van der Waals surface area contributed by atoms with Crippen LogP contribution in [0.3, 0.4) is 0 Å². The van der Waals surface area contributed by atoms with E-state index in [0.717, 1.165) is 12.8 Å². The molecule has 0 rings (SSSR count). The van der Waals surface area contributed by atoms with Crippen molar-refractivity contribution in [1.29, 1.82) is 0 Å². The van der Waals surface area contributed by atoms with Crippen molar-refractivity contribution in [2.45, 2.75) is 59.1 Å². The maximum Gasteiger partial charge on any atom is 0.408 e. The van der Waals surface area contributed by atoms with Gasteiger partial charge in [0, 0.05) is 0 Å². The molecule has 0 aromatic heterocycles. The van der Waals surface area contributed by atoms with Crippen molar-refractivity contribution in [2.24, 2.45) is 5.92 Å². The van der Waals surface area contributed by atoms with Crippen LogP contribution in [0.5, 0.6) is 0 Å². The zero-order chi connectivity index (χ0) is 13.6. The molecule has 0 radical (unpaired) electrons. The molecule has 5 heteroatoms. The smallest absolute Gasteiger partial charge is 0.408 e. The van der Waals surface area contributed by atoms with Crippen molar-refractivity contribution in [3.05, 3.63) is 0 Å². The Morgan fingerprint density at radius 3 is 2.24 bits per heavy atom. The van der Waals surface area contributed by atoms with Gasteiger partial charge >= 0.3 is 12.1 Å². The molecule has 0 bridgehead atoms. The molecule has 0 heterocycles. The van der Waals surface area contributed by atoms with E-state index in [2.05, 4.69) is 5.32 Å². The maximum absolute atomic E-state index is 11.5. The number of carboxylic acid groups (broad SMARTS) is 1. The van der Waals surface area contributed by atoms with E-state index in [1.807, 2.05) is 6.92 Å². The number of hydrogen-bond acceptors (Lipinski definition) is 3. The molecule has 0 aromatic carbocycles. The number of ether oxygens (including phenoxy) is 1. The molecule has 0 saturated carbocycles. The van der Waals surface area contributed by atoms with Gasteiger partial charge in [-0.2, -0.15) is 0 Å². The Bertz CT molecular complexity index is 270. The first-order valence-corrected chi connectivity index (χ1v) is 5.89. The number of alkyl carbamates (subject to hydrolysis) is 1. The number of nitrogens with one attached hydrogen (secondary N) is 1. The summed E-state index contributed by atoms with van der Waals surface area (Å²) in [5.74, 6) is -1.15. The summed E-state index contributed by atoms with van der Waals surface area (Å²) in [6.45, 7) is 8.98. The van der Waals surface area contributed by atoms with Gasteiger partial charge in [0.25, 0.3) is 0 Å². The Morgan fingerprint density at radius 2 is 1.88 bits per heavy atom. The van der Waals surface area contributed by atoms with Gasteiger partial charge in [0.05, 0.1) is 0 Å². The van der Waals surface area contributed by atoms with Gasteiger partial charge in [0.2, 0.25) is 0 Å². The van der Waals surface area contributed by atoms with E-state index in [4.69, 9.17) is 9.84 Å². The largest absolute Gasteiger partial charge is 0.480 e. The summed E-state index contributed by atoms with van der Waals surface area (Å²) >= 11 is 0. The zero-order valence-corrected chi connectivity index (χ0v) is 11.2. The fraction of sp³-hybridized carbons (Fsp3) is 0.833.